The number of nitrogens with one attached hydrogen (secondary N) is 1. The predicted octanol–water partition coefficient (Wildman–Crippen LogP) is 1.92. The maximum atomic E-state index is 12.0. The van der Waals surface area contributed by atoms with E-state index in [2.05, 4.69) is 9.82 Å². The van der Waals surface area contributed by atoms with Gasteiger partial charge >= 0.3 is 0 Å². The molecular weight excluding hydrogens is 290 g/mol. The summed E-state index contributed by atoms with van der Waals surface area (Å²) in [6, 6.07) is 0. The summed E-state index contributed by atoms with van der Waals surface area (Å²) in [5.74, 6) is 0. The van der Waals surface area contributed by atoms with Gasteiger partial charge in [0.25, 0.3) is 0 Å². The highest BCUT2D eigenvalue weighted by molar-refractivity contribution is 7.89. The molecule has 1 aliphatic rings. The summed E-state index contributed by atoms with van der Waals surface area (Å²) in [5, 5.41) is 3.98. The van der Waals surface area contributed by atoms with E-state index in [1.807, 2.05) is 6.92 Å². The molecule has 1 aromatic rings. The van der Waals surface area contributed by atoms with Crippen molar-refractivity contribution in [2.45, 2.75) is 63.0 Å². The van der Waals surface area contributed by atoms with Gasteiger partial charge in [-0.3, -0.25) is 4.68 Å². The van der Waals surface area contributed by atoms with Crippen LogP contribution in [0.3, 0.4) is 0 Å². The van der Waals surface area contributed by atoms with Crippen LogP contribution in [0.5, 0.6) is 0 Å². The van der Waals surface area contributed by atoms with Gasteiger partial charge in [-0.05, 0) is 26.2 Å². The summed E-state index contributed by atoms with van der Waals surface area (Å²) in [6.07, 6.45) is 10.1. The molecule has 21 heavy (non-hydrogen) atoms. The molecule has 0 radical (unpaired) electrons. The maximum Gasteiger partial charge on any atom is 0.243 e. The molecule has 0 saturated heterocycles. The number of hydrogen-bond acceptors (Lipinski definition) is 4. The Hall–Kier alpha value is -0.920. The zero-order chi connectivity index (χ0) is 15.1. The number of rotatable bonds is 8. The SMILES string of the molecule is CCn1cc(S(=O)(=O)NCCCOC2CCCCC2)cn1. The third kappa shape index (κ3) is 5.09. The molecule has 0 bridgehead atoms. The molecule has 0 unspecified atom stereocenters. The second kappa shape index (κ2) is 7.91. The summed E-state index contributed by atoms with van der Waals surface area (Å²) >= 11 is 0. The second-order valence-electron chi connectivity index (χ2n) is 5.41. The summed E-state index contributed by atoms with van der Waals surface area (Å²) in [7, 11) is -3.44. The molecule has 1 heterocycles. The van der Waals surface area contributed by atoms with Crippen LogP contribution in [0.2, 0.25) is 0 Å². The molecule has 6 nitrogen and oxygen atoms in total. The van der Waals surface area contributed by atoms with E-state index in [-0.39, 0.29) is 4.90 Å². The number of aryl methyl sites for hydroxylation is 1. The average Bonchev–Trinajstić information content (AvgIpc) is 2.98. The monoisotopic (exact) mass is 315 g/mol. The van der Waals surface area contributed by atoms with Crippen molar-refractivity contribution in [1.29, 1.82) is 0 Å². The Balaban J connectivity index is 1.67. The third-order valence-electron chi connectivity index (χ3n) is 3.76. The van der Waals surface area contributed by atoms with Crippen molar-refractivity contribution in [3.05, 3.63) is 12.4 Å². The molecule has 1 aromatic heterocycles. The zero-order valence-electron chi connectivity index (χ0n) is 12.6. The van der Waals surface area contributed by atoms with Crippen molar-refractivity contribution < 1.29 is 13.2 Å². The highest BCUT2D eigenvalue weighted by atomic mass is 32.2. The smallest absolute Gasteiger partial charge is 0.243 e. The molecule has 0 atom stereocenters. The summed E-state index contributed by atoms with van der Waals surface area (Å²) < 4.78 is 34.0. The van der Waals surface area contributed by atoms with Crippen LogP contribution in [0.4, 0.5) is 0 Å². The first-order valence-electron chi connectivity index (χ1n) is 7.75. The largest absolute Gasteiger partial charge is 0.378 e. The first-order chi connectivity index (χ1) is 10.1. The molecule has 0 aliphatic heterocycles. The van der Waals surface area contributed by atoms with E-state index in [0.717, 1.165) is 12.8 Å². The van der Waals surface area contributed by atoms with Crippen LogP contribution >= 0.6 is 0 Å². The van der Waals surface area contributed by atoms with E-state index in [1.165, 1.54) is 25.5 Å². The van der Waals surface area contributed by atoms with Crippen LogP contribution in [0.25, 0.3) is 0 Å². The van der Waals surface area contributed by atoms with Gasteiger partial charge in [-0.1, -0.05) is 19.3 Å². The fourth-order valence-corrected chi connectivity index (χ4v) is 3.53. The van der Waals surface area contributed by atoms with Gasteiger partial charge in [0.1, 0.15) is 4.90 Å². The zero-order valence-corrected chi connectivity index (χ0v) is 13.4. The molecule has 1 N–H and O–H groups in total. The van der Waals surface area contributed by atoms with E-state index in [4.69, 9.17) is 4.74 Å². The molecular formula is C14H25N3O3S. The van der Waals surface area contributed by atoms with Crippen molar-refractivity contribution in [1.82, 2.24) is 14.5 Å². The Morgan fingerprint density at radius 2 is 2.14 bits per heavy atom. The topological polar surface area (TPSA) is 73.2 Å². The van der Waals surface area contributed by atoms with Crippen molar-refractivity contribution in [3.8, 4) is 0 Å². The van der Waals surface area contributed by atoms with E-state index in [9.17, 15) is 8.42 Å². The summed E-state index contributed by atoms with van der Waals surface area (Å²) in [5.41, 5.74) is 0. The summed E-state index contributed by atoms with van der Waals surface area (Å²) in [6.45, 7) is 3.58. The van der Waals surface area contributed by atoms with Gasteiger partial charge in [0.2, 0.25) is 10.0 Å². The highest BCUT2D eigenvalue weighted by Gasteiger charge is 2.16. The Morgan fingerprint density at radius 3 is 2.81 bits per heavy atom. The lowest BCUT2D eigenvalue weighted by atomic mass is 9.98. The van der Waals surface area contributed by atoms with Crippen LogP contribution in [-0.2, 0) is 21.3 Å². The molecule has 0 amide bonds. The van der Waals surface area contributed by atoms with Crippen LogP contribution in [0.15, 0.2) is 17.3 Å². The van der Waals surface area contributed by atoms with E-state index in [1.54, 1.807) is 10.9 Å². The number of hydrogen-bond donors (Lipinski definition) is 1. The van der Waals surface area contributed by atoms with Gasteiger partial charge in [-0.25, -0.2) is 13.1 Å². The number of aromatic nitrogens is 2. The van der Waals surface area contributed by atoms with Gasteiger partial charge in [0, 0.05) is 25.9 Å². The lowest BCUT2D eigenvalue weighted by Gasteiger charge is -2.21. The maximum absolute atomic E-state index is 12.0. The molecule has 7 heteroatoms. The van der Waals surface area contributed by atoms with Crippen molar-refractivity contribution in [2.75, 3.05) is 13.2 Å². The molecule has 0 aromatic carbocycles. The quantitative estimate of drug-likeness (QED) is 0.744. The fraction of sp³-hybridized carbons (Fsp3) is 0.786. The van der Waals surface area contributed by atoms with Gasteiger partial charge in [-0.15, -0.1) is 0 Å². The minimum Gasteiger partial charge on any atom is -0.378 e. The molecule has 1 aliphatic carbocycles. The normalized spacial score (nSPS) is 17.2. The Labute approximate surface area is 126 Å². The van der Waals surface area contributed by atoms with Crippen LogP contribution in [0.1, 0.15) is 45.4 Å². The Morgan fingerprint density at radius 1 is 1.38 bits per heavy atom. The average molecular weight is 315 g/mol. The van der Waals surface area contributed by atoms with Gasteiger partial charge in [-0.2, -0.15) is 5.10 Å². The fourth-order valence-electron chi connectivity index (χ4n) is 2.50. The van der Waals surface area contributed by atoms with Gasteiger partial charge in [0.05, 0.1) is 12.3 Å². The summed E-state index contributed by atoms with van der Waals surface area (Å²) in [4.78, 5) is 0.220. The van der Waals surface area contributed by atoms with Crippen LogP contribution < -0.4 is 4.72 Å². The second-order valence-corrected chi connectivity index (χ2v) is 7.18. The van der Waals surface area contributed by atoms with Crippen LogP contribution in [-0.4, -0.2) is 37.5 Å². The van der Waals surface area contributed by atoms with Gasteiger partial charge in [0.15, 0.2) is 0 Å². The lowest BCUT2D eigenvalue weighted by molar-refractivity contribution is 0.0278. The molecule has 0 spiro atoms. The number of nitrogens with zero attached hydrogens (tertiary/aromatic N) is 2. The van der Waals surface area contributed by atoms with Crippen molar-refractivity contribution in [2.24, 2.45) is 0 Å². The third-order valence-corrected chi connectivity index (χ3v) is 5.18. The highest BCUT2D eigenvalue weighted by Crippen LogP contribution is 2.20. The first kappa shape index (κ1) is 16.5. The standard InChI is InChI=1S/C14H25N3O3S/c1-2-17-12-14(11-15-17)21(18,19)16-9-6-10-20-13-7-4-3-5-8-13/h11-13,16H,2-10H2,1H3. The lowest BCUT2D eigenvalue weighted by Crippen LogP contribution is -2.26. The van der Waals surface area contributed by atoms with E-state index < -0.39 is 10.0 Å². The minimum absolute atomic E-state index is 0.220. The molecule has 1 saturated carbocycles. The van der Waals surface area contributed by atoms with Crippen molar-refractivity contribution in [3.63, 3.8) is 0 Å². The molecule has 2 rings (SSSR count). The van der Waals surface area contributed by atoms with Crippen molar-refractivity contribution >= 4 is 10.0 Å². The number of sulfonamides is 1. The molecule has 120 valence electrons. The minimum atomic E-state index is -3.44. The van der Waals surface area contributed by atoms with E-state index >= 15 is 0 Å². The predicted molar refractivity (Wildman–Crippen MR) is 80.5 cm³/mol. The molecule has 1 fully saturated rings. The first-order valence-corrected chi connectivity index (χ1v) is 9.24. The van der Waals surface area contributed by atoms with E-state index in [0.29, 0.717) is 32.2 Å². The number of ether oxygens (including phenoxy) is 1. The Kier molecular flexibility index (Phi) is 6.20. The Bertz CT molecular complexity index is 521. The van der Waals surface area contributed by atoms with Gasteiger partial charge < -0.3 is 4.74 Å². The van der Waals surface area contributed by atoms with Crippen LogP contribution in [0, 0.1) is 0 Å².